The SMILES string of the molecule is CCOC(=O)c1ccc(S(=O)[O-])nc1.[Na+]. The maximum absolute atomic E-state index is 11.1. The third-order valence-corrected chi connectivity index (χ3v) is 2.00. The molecule has 15 heavy (non-hydrogen) atoms. The normalized spacial score (nSPS) is 11.3. The van der Waals surface area contributed by atoms with Crippen LogP contribution in [0.3, 0.4) is 0 Å². The minimum absolute atomic E-state index is 0. The molecule has 7 heteroatoms. The van der Waals surface area contributed by atoms with Crippen LogP contribution in [0, 0.1) is 0 Å². The van der Waals surface area contributed by atoms with Crippen LogP contribution in [0.4, 0.5) is 0 Å². The molecule has 0 aromatic carbocycles. The summed E-state index contributed by atoms with van der Waals surface area (Å²) in [5.41, 5.74) is 0.237. The third kappa shape index (κ3) is 4.40. The van der Waals surface area contributed by atoms with Crippen molar-refractivity contribution in [2.45, 2.75) is 11.9 Å². The van der Waals surface area contributed by atoms with E-state index in [1.54, 1.807) is 6.92 Å². The first kappa shape index (κ1) is 14.7. The van der Waals surface area contributed by atoms with Crippen molar-refractivity contribution in [1.29, 1.82) is 0 Å². The van der Waals surface area contributed by atoms with E-state index in [0.29, 0.717) is 0 Å². The van der Waals surface area contributed by atoms with Crippen LogP contribution in [0.1, 0.15) is 17.3 Å². The number of carbonyl (C=O) groups excluding carboxylic acids is 1. The molecule has 0 saturated carbocycles. The van der Waals surface area contributed by atoms with Gasteiger partial charge in [-0.05, 0) is 30.1 Å². The van der Waals surface area contributed by atoms with Crippen LogP contribution < -0.4 is 29.6 Å². The van der Waals surface area contributed by atoms with E-state index < -0.39 is 17.0 Å². The number of hydrogen-bond acceptors (Lipinski definition) is 5. The number of esters is 1. The average Bonchev–Trinajstić information content (AvgIpc) is 2.18. The number of aromatic nitrogens is 1. The van der Waals surface area contributed by atoms with E-state index in [-0.39, 0.29) is 46.8 Å². The van der Waals surface area contributed by atoms with Gasteiger partial charge in [0.1, 0.15) is 5.03 Å². The average molecular weight is 237 g/mol. The number of rotatable bonds is 3. The Balaban J connectivity index is 0.00000196. The molecule has 1 aromatic rings. The summed E-state index contributed by atoms with van der Waals surface area (Å²) >= 11 is -2.37. The van der Waals surface area contributed by atoms with E-state index in [1.165, 1.54) is 18.3 Å². The standard InChI is InChI=1S/C8H9NO4S.Na/c1-2-13-8(10)6-3-4-7(9-5-6)14(11)12;/h3-5H,2H2,1H3,(H,11,12);/q;+1/p-1. The van der Waals surface area contributed by atoms with Gasteiger partial charge in [-0.25, -0.2) is 9.78 Å². The first-order chi connectivity index (χ1) is 6.65. The van der Waals surface area contributed by atoms with Crippen molar-refractivity contribution in [3.63, 3.8) is 0 Å². The molecule has 0 spiro atoms. The van der Waals surface area contributed by atoms with Crippen LogP contribution in [0.25, 0.3) is 0 Å². The molecule has 0 bridgehead atoms. The van der Waals surface area contributed by atoms with Crippen molar-refractivity contribution in [2.24, 2.45) is 0 Å². The summed E-state index contributed by atoms with van der Waals surface area (Å²) in [7, 11) is 0. The molecule has 1 aromatic heterocycles. The summed E-state index contributed by atoms with van der Waals surface area (Å²) in [5.74, 6) is -0.511. The van der Waals surface area contributed by atoms with Gasteiger partial charge in [0.15, 0.2) is 0 Å². The summed E-state index contributed by atoms with van der Waals surface area (Å²) in [6, 6.07) is 2.60. The van der Waals surface area contributed by atoms with E-state index in [0.717, 1.165) is 0 Å². The van der Waals surface area contributed by atoms with Gasteiger partial charge < -0.3 is 9.29 Å². The monoisotopic (exact) mass is 237 g/mol. The first-order valence-corrected chi connectivity index (χ1v) is 4.95. The molecule has 0 aliphatic rings. The quantitative estimate of drug-likeness (QED) is 0.330. The third-order valence-electron chi connectivity index (χ3n) is 1.42. The minimum Gasteiger partial charge on any atom is -0.767 e. The fourth-order valence-electron chi connectivity index (χ4n) is 0.814. The van der Waals surface area contributed by atoms with Gasteiger partial charge >= 0.3 is 35.5 Å². The van der Waals surface area contributed by atoms with Crippen LogP contribution in [0.5, 0.6) is 0 Å². The molecule has 0 aliphatic heterocycles. The molecule has 0 amide bonds. The molecular formula is C8H8NNaO4S. The van der Waals surface area contributed by atoms with E-state index in [2.05, 4.69) is 4.98 Å². The molecule has 5 nitrogen and oxygen atoms in total. The number of carbonyl (C=O) groups is 1. The molecular weight excluding hydrogens is 229 g/mol. The maximum Gasteiger partial charge on any atom is 1.00 e. The van der Waals surface area contributed by atoms with Crippen molar-refractivity contribution < 1.29 is 47.9 Å². The van der Waals surface area contributed by atoms with Crippen LogP contribution in [0.15, 0.2) is 23.4 Å². The zero-order valence-electron chi connectivity index (χ0n) is 8.43. The zero-order chi connectivity index (χ0) is 10.6. The van der Waals surface area contributed by atoms with E-state index in [4.69, 9.17) is 4.74 Å². The second kappa shape index (κ2) is 7.08. The molecule has 76 valence electrons. The Labute approximate surface area is 112 Å². The Kier molecular flexibility index (Phi) is 6.95. The summed E-state index contributed by atoms with van der Waals surface area (Å²) in [5, 5.41) is -0.0990. The Morgan fingerprint density at radius 2 is 2.27 bits per heavy atom. The Hall–Kier alpha value is -0.270. The van der Waals surface area contributed by atoms with Gasteiger partial charge in [0.2, 0.25) is 0 Å². The summed E-state index contributed by atoms with van der Waals surface area (Å²) in [4.78, 5) is 14.7. The van der Waals surface area contributed by atoms with Gasteiger partial charge in [0.25, 0.3) is 0 Å². The fourth-order valence-corrected chi connectivity index (χ4v) is 1.13. The van der Waals surface area contributed by atoms with Crippen molar-refractivity contribution in [3.8, 4) is 0 Å². The Morgan fingerprint density at radius 1 is 1.60 bits per heavy atom. The largest absolute Gasteiger partial charge is 1.00 e. The van der Waals surface area contributed by atoms with E-state index in [9.17, 15) is 13.6 Å². The maximum atomic E-state index is 11.1. The van der Waals surface area contributed by atoms with Crippen LogP contribution >= 0.6 is 0 Å². The van der Waals surface area contributed by atoms with Gasteiger partial charge in [-0.2, -0.15) is 0 Å². The van der Waals surface area contributed by atoms with Crippen LogP contribution in [0.2, 0.25) is 0 Å². The molecule has 0 saturated heterocycles. The number of nitrogens with zero attached hydrogens (tertiary/aromatic N) is 1. The van der Waals surface area contributed by atoms with Gasteiger partial charge in [-0.1, -0.05) is 0 Å². The first-order valence-electron chi connectivity index (χ1n) is 3.87. The van der Waals surface area contributed by atoms with Crippen molar-refractivity contribution >= 4 is 17.0 Å². The second-order valence-electron chi connectivity index (χ2n) is 2.34. The molecule has 0 aliphatic carbocycles. The van der Waals surface area contributed by atoms with Crippen LogP contribution in [-0.4, -0.2) is 26.3 Å². The summed E-state index contributed by atoms with van der Waals surface area (Å²) < 4.78 is 25.6. The van der Waals surface area contributed by atoms with Crippen molar-refractivity contribution in [3.05, 3.63) is 23.9 Å². The van der Waals surface area contributed by atoms with Gasteiger partial charge in [-0.3, -0.25) is 4.21 Å². The Morgan fingerprint density at radius 3 is 2.67 bits per heavy atom. The molecule has 0 radical (unpaired) electrons. The molecule has 1 rings (SSSR count). The van der Waals surface area contributed by atoms with Crippen molar-refractivity contribution in [1.82, 2.24) is 4.98 Å². The van der Waals surface area contributed by atoms with E-state index in [1.807, 2.05) is 0 Å². The summed E-state index contributed by atoms with van der Waals surface area (Å²) in [6.45, 7) is 1.96. The molecule has 0 fully saturated rings. The van der Waals surface area contributed by atoms with E-state index >= 15 is 0 Å². The van der Waals surface area contributed by atoms with Gasteiger partial charge in [0.05, 0.1) is 12.2 Å². The summed E-state index contributed by atoms with van der Waals surface area (Å²) in [6.07, 6.45) is 1.17. The Bertz CT molecular complexity index is 354. The van der Waals surface area contributed by atoms with Crippen LogP contribution in [-0.2, 0) is 15.8 Å². The van der Waals surface area contributed by atoms with Gasteiger partial charge in [-0.15, -0.1) is 0 Å². The minimum atomic E-state index is -2.37. The second-order valence-corrected chi connectivity index (χ2v) is 3.23. The predicted molar refractivity (Wildman–Crippen MR) is 47.4 cm³/mol. The topological polar surface area (TPSA) is 79.3 Å². The van der Waals surface area contributed by atoms with Gasteiger partial charge in [0, 0.05) is 6.20 Å². The molecule has 1 heterocycles. The zero-order valence-corrected chi connectivity index (χ0v) is 11.2. The van der Waals surface area contributed by atoms with Crippen molar-refractivity contribution in [2.75, 3.05) is 6.61 Å². The number of hydrogen-bond donors (Lipinski definition) is 0. The number of pyridine rings is 1. The number of ether oxygens (including phenoxy) is 1. The molecule has 0 N–H and O–H groups in total. The smallest absolute Gasteiger partial charge is 0.767 e. The molecule has 1 atom stereocenters. The molecule has 1 unspecified atom stereocenters. The fraction of sp³-hybridized carbons (Fsp3) is 0.250. The predicted octanol–water partition coefficient (Wildman–Crippen LogP) is -2.50.